The second-order valence-corrected chi connectivity index (χ2v) is 4.12. The highest BCUT2D eigenvalue weighted by molar-refractivity contribution is 9.10. The number of hydrogen-bond acceptors (Lipinski definition) is 1. The third-order valence-electron chi connectivity index (χ3n) is 2.27. The van der Waals surface area contributed by atoms with Crippen molar-refractivity contribution in [3.05, 3.63) is 44.7 Å². The van der Waals surface area contributed by atoms with Crippen LogP contribution < -0.4 is 5.56 Å². The predicted molar refractivity (Wildman–Crippen MR) is 61.6 cm³/mol. The van der Waals surface area contributed by atoms with Crippen LogP contribution in [-0.2, 0) is 6.42 Å². The van der Waals surface area contributed by atoms with E-state index in [9.17, 15) is 4.79 Å². The second kappa shape index (κ2) is 3.58. The Labute approximate surface area is 90.1 Å². The monoisotopic (exact) mass is 251 g/mol. The lowest BCUT2D eigenvalue weighted by molar-refractivity contribution is 1.13. The van der Waals surface area contributed by atoms with Crippen molar-refractivity contribution in [1.29, 1.82) is 0 Å². The highest BCUT2D eigenvalue weighted by Gasteiger charge is 2.01. The molecular formula is C11H10BrNO. The molecule has 0 bridgehead atoms. The first kappa shape index (κ1) is 9.46. The third-order valence-corrected chi connectivity index (χ3v) is 2.76. The molecular weight excluding hydrogens is 242 g/mol. The van der Waals surface area contributed by atoms with Crippen LogP contribution in [0.25, 0.3) is 10.9 Å². The van der Waals surface area contributed by atoms with Crippen LogP contribution in [0.5, 0.6) is 0 Å². The molecule has 1 aromatic carbocycles. The fourth-order valence-corrected chi connectivity index (χ4v) is 1.95. The summed E-state index contributed by atoms with van der Waals surface area (Å²) in [7, 11) is 0. The van der Waals surface area contributed by atoms with Gasteiger partial charge in [0.25, 0.3) is 0 Å². The molecule has 0 atom stereocenters. The molecule has 0 saturated carbocycles. The average Bonchev–Trinajstić information content (AvgIpc) is 2.17. The average molecular weight is 252 g/mol. The SMILES string of the molecule is CCc1cc(=O)[nH]c2ccc(Br)cc12. The lowest BCUT2D eigenvalue weighted by Crippen LogP contribution is -2.05. The molecule has 0 aliphatic carbocycles. The first-order valence-electron chi connectivity index (χ1n) is 4.52. The largest absolute Gasteiger partial charge is 0.322 e. The lowest BCUT2D eigenvalue weighted by atomic mass is 10.1. The molecule has 1 N–H and O–H groups in total. The molecule has 2 nitrogen and oxygen atoms in total. The summed E-state index contributed by atoms with van der Waals surface area (Å²) in [5.41, 5.74) is 1.96. The van der Waals surface area contributed by atoms with Crippen molar-refractivity contribution in [2.45, 2.75) is 13.3 Å². The Balaban J connectivity index is 2.88. The molecule has 0 fully saturated rings. The van der Waals surface area contributed by atoms with Crippen LogP contribution in [0.2, 0.25) is 0 Å². The van der Waals surface area contributed by atoms with Crippen LogP contribution in [0.1, 0.15) is 12.5 Å². The van der Waals surface area contributed by atoms with Gasteiger partial charge in [-0.1, -0.05) is 22.9 Å². The minimum absolute atomic E-state index is 0.0309. The van der Waals surface area contributed by atoms with Crippen molar-refractivity contribution in [3.8, 4) is 0 Å². The molecule has 72 valence electrons. The molecule has 2 rings (SSSR count). The van der Waals surface area contributed by atoms with Crippen LogP contribution in [0.4, 0.5) is 0 Å². The van der Waals surface area contributed by atoms with Crippen LogP contribution in [0.3, 0.4) is 0 Å². The number of halogens is 1. The van der Waals surface area contributed by atoms with E-state index in [2.05, 4.69) is 27.8 Å². The number of aromatic amines is 1. The molecule has 3 heteroatoms. The molecule has 0 spiro atoms. The van der Waals surface area contributed by atoms with E-state index >= 15 is 0 Å². The summed E-state index contributed by atoms with van der Waals surface area (Å²) < 4.78 is 1.03. The molecule has 1 heterocycles. The van der Waals surface area contributed by atoms with Gasteiger partial charge in [0.2, 0.25) is 5.56 Å². The van der Waals surface area contributed by atoms with Crippen LogP contribution in [-0.4, -0.2) is 4.98 Å². The molecule has 14 heavy (non-hydrogen) atoms. The Morgan fingerprint density at radius 1 is 1.36 bits per heavy atom. The quantitative estimate of drug-likeness (QED) is 0.831. The highest BCUT2D eigenvalue weighted by atomic mass is 79.9. The molecule has 0 aliphatic rings. The van der Waals surface area contributed by atoms with Gasteiger partial charge in [-0.25, -0.2) is 0 Å². The summed E-state index contributed by atoms with van der Waals surface area (Å²) in [6.07, 6.45) is 0.872. The van der Waals surface area contributed by atoms with Gasteiger partial charge in [0.1, 0.15) is 0 Å². The molecule has 0 saturated heterocycles. The summed E-state index contributed by atoms with van der Waals surface area (Å²) >= 11 is 3.42. The van der Waals surface area contributed by atoms with Crippen LogP contribution in [0, 0.1) is 0 Å². The number of H-pyrrole nitrogens is 1. The Morgan fingerprint density at radius 2 is 2.14 bits per heavy atom. The number of fused-ring (bicyclic) bond motifs is 1. The zero-order valence-electron chi connectivity index (χ0n) is 7.80. The number of hydrogen-bond donors (Lipinski definition) is 1. The number of aryl methyl sites for hydroxylation is 1. The van der Waals surface area contributed by atoms with Gasteiger partial charge in [-0.15, -0.1) is 0 Å². The molecule has 1 aromatic heterocycles. The Kier molecular flexibility index (Phi) is 2.42. The highest BCUT2D eigenvalue weighted by Crippen LogP contribution is 2.20. The standard InChI is InChI=1S/C11H10BrNO/c1-2-7-5-11(14)13-10-4-3-8(12)6-9(7)10/h3-6H,2H2,1H3,(H,13,14). The van der Waals surface area contributed by atoms with Crippen molar-refractivity contribution < 1.29 is 0 Å². The number of benzene rings is 1. The van der Waals surface area contributed by atoms with Gasteiger partial charge in [-0.05, 0) is 30.2 Å². The molecule has 0 aliphatic heterocycles. The normalized spacial score (nSPS) is 10.7. The zero-order valence-corrected chi connectivity index (χ0v) is 9.39. The van der Waals surface area contributed by atoms with E-state index in [4.69, 9.17) is 0 Å². The van der Waals surface area contributed by atoms with Crippen molar-refractivity contribution >= 4 is 26.8 Å². The van der Waals surface area contributed by atoms with E-state index in [-0.39, 0.29) is 5.56 Å². The molecule has 0 radical (unpaired) electrons. The topological polar surface area (TPSA) is 32.9 Å². The smallest absolute Gasteiger partial charge is 0.248 e. The summed E-state index contributed by atoms with van der Waals surface area (Å²) in [6.45, 7) is 2.05. The van der Waals surface area contributed by atoms with Crippen LogP contribution in [0.15, 0.2) is 33.5 Å². The Hall–Kier alpha value is -1.09. The number of rotatable bonds is 1. The predicted octanol–water partition coefficient (Wildman–Crippen LogP) is 2.85. The first-order valence-corrected chi connectivity index (χ1v) is 5.31. The van der Waals surface area contributed by atoms with Gasteiger partial charge in [0, 0.05) is 21.4 Å². The third kappa shape index (κ3) is 1.60. The van der Waals surface area contributed by atoms with Crippen molar-refractivity contribution in [2.24, 2.45) is 0 Å². The Morgan fingerprint density at radius 3 is 2.86 bits per heavy atom. The van der Waals surface area contributed by atoms with Crippen molar-refractivity contribution in [1.82, 2.24) is 4.98 Å². The summed E-state index contributed by atoms with van der Waals surface area (Å²) in [5, 5.41) is 1.11. The maximum atomic E-state index is 11.3. The lowest BCUT2D eigenvalue weighted by Gasteiger charge is -2.03. The number of pyridine rings is 1. The summed E-state index contributed by atoms with van der Waals surface area (Å²) in [6, 6.07) is 7.54. The van der Waals surface area contributed by atoms with E-state index in [1.807, 2.05) is 18.2 Å². The van der Waals surface area contributed by atoms with Gasteiger partial charge < -0.3 is 4.98 Å². The van der Waals surface area contributed by atoms with Gasteiger partial charge in [0.15, 0.2) is 0 Å². The van der Waals surface area contributed by atoms with Crippen molar-refractivity contribution in [3.63, 3.8) is 0 Å². The number of nitrogens with one attached hydrogen (secondary N) is 1. The minimum atomic E-state index is -0.0309. The van der Waals surface area contributed by atoms with Gasteiger partial charge in [-0.2, -0.15) is 0 Å². The van der Waals surface area contributed by atoms with E-state index in [0.717, 1.165) is 27.4 Å². The molecule has 2 aromatic rings. The van der Waals surface area contributed by atoms with E-state index in [1.54, 1.807) is 6.07 Å². The van der Waals surface area contributed by atoms with Gasteiger partial charge in [-0.3, -0.25) is 4.79 Å². The minimum Gasteiger partial charge on any atom is -0.322 e. The maximum Gasteiger partial charge on any atom is 0.248 e. The van der Waals surface area contributed by atoms with Crippen molar-refractivity contribution in [2.75, 3.05) is 0 Å². The second-order valence-electron chi connectivity index (χ2n) is 3.20. The fourth-order valence-electron chi connectivity index (χ4n) is 1.59. The Bertz CT molecular complexity index is 530. The van der Waals surface area contributed by atoms with Gasteiger partial charge in [0.05, 0.1) is 0 Å². The summed E-state index contributed by atoms with van der Waals surface area (Å²) in [5.74, 6) is 0. The summed E-state index contributed by atoms with van der Waals surface area (Å²) in [4.78, 5) is 14.1. The maximum absolute atomic E-state index is 11.3. The first-order chi connectivity index (χ1) is 6.70. The van der Waals surface area contributed by atoms with E-state index < -0.39 is 0 Å². The van der Waals surface area contributed by atoms with Crippen LogP contribution >= 0.6 is 15.9 Å². The fraction of sp³-hybridized carbons (Fsp3) is 0.182. The zero-order chi connectivity index (χ0) is 10.1. The molecule has 0 unspecified atom stereocenters. The number of aromatic nitrogens is 1. The van der Waals surface area contributed by atoms with E-state index in [0.29, 0.717) is 0 Å². The van der Waals surface area contributed by atoms with Gasteiger partial charge >= 0.3 is 0 Å². The van der Waals surface area contributed by atoms with E-state index in [1.165, 1.54) is 0 Å². The molecule has 0 amide bonds.